The first-order chi connectivity index (χ1) is 13.8. The predicted molar refractivity (Wildman–Crippen MR) is 124 cm³/mol. The van der Waals surface area contributed by atoms with Crippen LogP contribution in [0, 0.1) is 40.4 Å². The second kappa shape index (κ2) is 8.03. The molecule has 2 fully saturated rings. The van der Waals surface area contributed by atoms with Gasteiger partial charge in [-0.3, -0.25) is 0 Å². The van der Waals surface area contributed by atoms with Crippen LogP contribution in [0.1, 0.15) is 91.9 Å². The molecule has 0 aromatic carbocycles. The molecule has 29 heavy (non-hydrogen) atoms. The summed E-state index contributed by atoms with van der Waals surface area (Å²) < 4.78 is 0. The maximum absolute atomic E-state index is 9.38. The molecule has 1 heteroatoms. The van der Waals surface area contributed by atoms with Gasteiger partial charge in [-0.25, -0.2) is 0 Å². The quantitative estimate of drug-likeness (QED) is 0.461. The second-order valence-corrected chi connectivity index (χ2v) is 11.6. The van der Waals surface area contributed by atoms with Crippen molar-refractivity contribution in [3.05, 3.63) is 35.5 Å². The Bertz CT molecular complexity index is 699. The Morgan fingerprint density at radius 1 is 1.14 bits per heavy atom. The van der Waals surface area contributed by atoms with Crippen LogP contribution < -0.4 is 0 Å². The molecule has 4 aliphatic rings. The van der Waals surface area contributed by atoms with Gasteiger partial charge in [-0.15, -0.1) is 0 Å². The highest BCUT2D eigenvalue weighted by molar-refractivity contribution is 5.42. The molecule has 0 heterocycles. The van der Waals surface area contributed by atoms with Crippen molar-refractivity contribution in [3.63, 3.8) is 0 Å². The van der Waals surface area contributed by atoms with Crippen molar-refractivity contribution in [1.29, 1.82) is 0 Å². The lowest BCUT2D eigenvalue weighted by Gasteiger charge is -2.54. The van der Waals surface area contributed by atoms with E-state index in [1.165, 1.54) is 64.2 Å². The molecule has 4 aliphatic carbocycles. The molecule has 1 unspecified atom stereocenters. The SMILES string of the molecule is C=C(CO)[C@@H](C)CC[C@@H](C)[C@H]1CCC2=C3C=CC4CCCC[C@]4(C)[C@H]3CC[C@@]21C. The van der Waals surface area contributed by atoms with E-state index in [0.717, 1.165) is 29.2 Å². The Hall–Kier alpha value is -0.820. The molecule has 162 valence electrons. The average Bonchev–Trinajstić information content (AvgIpc) is 3.08. The van der Waals surface area contributed by atoms with Gasteiger partial charge in [0.2, 0.25) is 0 Å². The lowest BCUT2D eigenvalue weighted by atomic mass is 9.51. The zero-order valence-corrected chi connectivity index (χ0v) is 19.5. The number of fused-ring (bicyclic) bond motifs is 4. The Balaban J connectivity index is 1.54. The summed E-state index contributed by atoms with van der Waals surface area (Å²) in [5.41, 5.74) is 5.57. The minimum Gasteiger partial charge on any atom is -0.392 e. The van der Waals surface area contributed by atoms with Crippen molar-refractivity contribution in [3.8, 4) is 0 Å². The van der Waals surface area contributed by atoms with Crippen LogP contribution in [0.15, 0.2) is 35.5 Å². The van der Waals surface area contributed by atoms with E-state index in [1.807, 2.05) is 5.57 Å². The molecule has 7 atom stereocenters. The highest BCUT2D eigenvalue weighted by Crippen LogP contribution is 2.64. The van der Waals surface area contributed by atoms with Crippen LogP contribution in [0.5, 0.6) is 0 Å². The number of aliphatic hydroxyl groups excluding tert-OH is 1. The first-order valence-corrected chi connectivity index (χ1v) is 12.5. The molecule has 0 spiro atoms. The van der Waals surface area contributed by atoms with Crippen molar-refractivity contribution in [1.82, 2.24) is 0 Å². The van der Waals surface area contributed by atoms with E-state index in [0.29, 0.717) is 16.7 Å². The molecular weight excluding hydrogens is 352 g/mol. The van der Waals surface area contributed by atoms with Crippen LogP contribution in [0.4, 0.5) is 0 Å². The van der Waals surface area contributed by atoms with Gasteiger partial charge in [-0.2, -0.15) is 0 Å². The van der Waals surface area contributed by atoms with E-state index >= 15 is 0 Å². The smallest absolute Gasteiger partial charge is 0.0641 e. The molecule has 2 saturated carbocycles. The van der Waals surface area contributed by atoms with E-state index in [4.69, 9.17) is 0 Å². The van der Waals surface area contributed by atoms with Gasteiger partial charge in [0, 0.05) is 0 Å². The monoisotopic (exact) mass is 396 g/mol. The van der Waals surface area contributed by atoms with Gasteiger partial charge in [0.25, 0.3) is 0 Å². The van der Waals surface area contributed by atoms with Crippen LogP contribution in [0.2, 0.25) is 0 Å². The Morgan fingerprint density at radius 2 is 1.93 bits per heavy atom. The highest BCUT2D eigenvalue weighted by Gasteiger charge is 2.53. The minimum atomic E-state index is 0.139. The molecule has 1 N–H and O–H groups in total. The summed E-state index contributed by atoms with van der Waals surface area (Å²) >= 11 is 0. The van der Waals surface area contributed by atoms with Crippen molar-refractivity contribution in [2.24, 2.45) is 40.4 Å². The van der Waals surface area contributed by atoms with Crippen LogP contribution in [-0.2, 0) is 0 Å². The molecule has 0 saturated heterocycles. The fraction of sp³-hybridized carbons (Fsp3) is 0.786. The predicted octanol–water partition coefficient (Wildman–Crippen LogP) is 7.48. The minimum absolute atomic E-state index is 0.139. The van der Waals surface area contributed by atoms with Gasteiger partial charge in [-0.05, 0) is 103 Å². The normalized spacial score (nSPS) is 40.8. The van der Waals surface area contributed by atoms with Crippen LogP contribution in [0.25, 0.3) is 0 Å². The van der Waals surface area contributed by atoms with E-state index in [1.54, 1.807) is 5.57 Å². The summed E-state index contributed by atoms with van der Waals surface area (Å²) in [5.74, 6) is 3.67. The van der Waals surface area contributed by atoms with Gasteiger partial charge in [0.1, 0.15) is 0 Å². The molecule has 0 bridgehead atoms. The topological polar surface area (TPSA) is 20.2 Å². The summed E-state index contributed by atoms with van der Waals surface area (Å²) in [7, 11) is 0. The average molecular weight is 397 g/mol. The Morgan fingerprint density at radius 3 is 2.69 bits per heavy atom. The number of hydrogen-bond acceptors (Lipinski definition) is 1. The summed E-state index contributed by atoms with van der Waals surface area (Å²) in [6, 6.07) is 0. The van der Waals surface area contributed by atoms with E-state index in [-0.39, 0.29) is 6.61 Å². The van der Waals surface area contributed by atoms with Crippen molar-refractivity contribution >= 4 is 0 Å². The van der Waals surface area contributed by atoms with Gasteiger partial charge >= 0.3 is 0 Å². The molecule has 0 aliphatic heterocycles. The number of aliphatic hydroxyl groups is 1. The van der Waals surface area contributed by atoms with Crippen molar-refractivity contribution < 1.29 is 5.11 Å². The van der Waals surface area contributed by atoms with Gasteiger partial charge < -0.3 is 5.11 Å². The third kappa shape index (κ3) is 3.50. The molecular formula is C28H44O. The molecule has 1 nitrogen and oxygen atoms in total. The first-order valence-electron chi connectivity index (χ1n) is 12.5. The fourth-order valence-corrected chi connectivity index (χ4v) is 7.99. The summed E-state index contributed by atoms with van der Waals surface area (Å²) in [5, 5.41) is 9.38. The number of rotatable bonds is 6. The zero-order valence-electron chi connectivity index (χ0n) is 19.5. The molecule has 0 amide bonds. The van der Waals surface area contributed by atoms with Crippen LogP contribution in [0.3, 0.4) is 0 Å². The summed E-state index contributed by atoms with van der Waals surface area (Å²) in [6.45, 7) is 14.2. The van der Waals surface area contributed by atoms with E-state index < -0.39 is 0 Å². The van der Waals surface area contributed by atoms with Gasteiger partial charge in [0.15, 0.2) is 0 Å². The lowest BCUT2D eigenvalue weighted by molar-refractivity contribution is 0.0538. The molecule has 0 aromatic heterocycles. The van der Waals surface area contributed by atoms with Crippen molar-refractivity contribution in [2.45, 2.75) is 91.9 Å². The van der Waals surface area contributed by atoms with E-state index in [2.05, 4.69) is 46.4 Å². The Labute approximate surface area is 179 Å². The number of allylic oxidation sites excluding steroid dienone is 4. The van der Waals surface area contributed by atoms with Gasteiger partial charge in [-0.1, -0.05) is 64.8 Å². The Kier molecular flexibility index (Phi) is 5.93. The second-order valence-electron chi connectivity index (χ2n) is 11.6. The summed E-state index contributed by atoms with van der Waals surface area (Å²) in [6.07, 6.45) is 18.9. The largest absolute Gasteiger partial charge is 0.392 e. The third-order valence-corrected chi connectivity index (χ3v) is 10.2. The maximum atomic E-state index is 9.38. The summed E-state index contributed by atoms with van der Waals surface area (Å²) in [4.78, 5) is 0. The first kappa shape index (κ1) is 21.4. The number of hydrogen-bond donors (Lipinski definition) is 1. The third-order valence-electron chi connectivity index (χ3n) is 10.2. The lowest BCUT2D eigenvalue weighted by Crippen LogP contribution is -2.44. The maximum Gasteiger partial charge on any atom is 0.0641 e. The molecule has 0 aromatic rings. The van der Waals surface area contributed by atoms with E-state index in [9.17, 15) is 5.11 Å². The van der Waals surface area contributed by atoms with Crippen LogP contribution in [-0.4, -0.2) is 11.7 Å². The van der Waals surface area contributed by atoms with Gasteiger partial charge in [0.05, 0.1) is 6.61 Å². The van der Waals surface area contributed by atoms with Crippen LogP contribution >= 0.6 is 0 Å². The molecule has 4 rings (SSSR count). The fourth-order valence-electron chi connectivity index (χ4n) is 7.99. The van der Waals surface area contributed by atoms with Crippen molar-refractivity contribution in [2.75, 3.05) is 6.61 Å². The standard InChI is InChI=1S/C28H44O/c1-19(21(3)18-29)9-10-20(2)24-13-14-25-23-12-11-22-8-6-7-16-27(22,4)26(23)15-17-28(24,25)5/h11-12,19-20,22,24,26,29H,3,6-10,13-18H2,1-2,4-5H3/t19-,20+,22?,24+,26-,27-,28+/m0/s1. The molecule has 0 radical (unpaired) electrons. The highest BCUT2D eigenvalue weighted by atomic mass is 16.3. The zero-order chi connectivity index (χ0) is 20.8.